The van der Waals surface area contributed by atoms with Crippen LogP contribution in [-0.2, 0) is 14.3 Å². The number of methoxy groups -OCH3 is 1. The number of carbonyl (C=O) groups excluding carboxylic acids is 2. The lowest BCUT2D eigenvalue weighted by Gasteiger charge is -2.33. The summed E-state index contributed by atoms with van der Waals surface area (Å²) >= 11 is 12.0. The summed E-state index contributed by atoms with van der Waals surface area (Å²) in [6.45, 7) is -0.184. The highest BCUT2D eigenvalue weighted by Gasteiger charge is 2.47. The number of carbonyl (C=O) groups is 2. The number of halogens is 2. The Bertz CT molecular complexity index is 666. The van der Waals surface area contributed by atoms with Crippen molar-refractivity contribution in [1.29, 1.82) is 0 Å². The van der Waals surface area contributed by atoms with Crippen molar-refractivity contribution in [1.82, 2.24) is 4.90 Å². The summed E-state index contributed by atoms with van der Waals surface area (Å²) in [5.74, 6) is 0.137. The number of esters is 1. The van der Waals surface area contributed by atoms with E-state index in [1.807, 2.05) is 0 Å². The lowest BCUT2D eigenvalue weighted by Crippen LogP contribution is -2.48. The van der Waals surface area contributed by atoms with Crippen LogP contribution in [0.2, 0.25) is 10.0 Å². The van der Waals surface area contributed by atoms with Gasteiger partial charge in [-0.3, -0.25) is 4.79 Å². The summed E-state index contributed by atoms with van der Waals surface area (Å²) in [5, 5.41) is 0.867. The largest absolute Gasteiger partial charge is 0.482 e. The third-order valence-electron chi connectivity index (χ3n) is 5.09. The summed E-state index contributed by atoms with van der Waals surface area (Å²) in [7, 11) is 1.36. The topological polar surface area (TPSA) is 55.8 Å². The van der Waals surface area contributed by atoms with E-state index < -0.39 is 6.04 Å². The predicted molar refractivity (Wildman–Crippen MR) is 95.0 cm³/mol. The molecule has 1 saturated heterocycles. The van der Waals surface area contributed by atoms with Crippen molar-refractivity contribution in [3.05, 3.63) is 28.2 Å². The van der Waals surface area contributed by atoms with Gasteiger partial charge in [0.1, 0.15) is 11.8 Å². The molecule has 0 bridgehead atoms. The van der Waals surface area contributed by atoms with Gasteiger partial charge in [0.15, 0.2) is 6.61 Å². The van der Waals surface area contributed by atoms with E-state index >= 15 is 0 Å². The van der Waals surface area contributed by atoms with Gasteiger partial charge in [0.2, 0.25) is 0 Å². The van der Waals surface area contributed by atoms with Crippen LogP contribution in [0.3, 0.4) is 0 Å². The SMILES string of the molecule is COC(=O)[C@@H]1C[C@H]2CCCC[C@H]2N1C(=O)COc1cc(Cl)ccc1Cl. The molecule has 0 radical (unpaired) electrons. The Labute approximate surface area is 157 Å². The summed E-state index contributed by atoms with van der Waals surface area (Å²) in [5.41, 5.74) is 0. The quantitative estimate of drug-likeness (QED) is 0.741. The van der Waals surface area contributed by atoms with E-state index in [0.29, 0.717) is 28.1 Å². The van der Waals surface area contributed by atoms with Crippen LogP contribution in [0.5, 0.6) is 5.75 Å². The maximum absolute atomic E-state index is 12.8. The summed E-state index contributed by atoms with van der Waals surface area (Å²) in [6.07, 6.45) is 4.84. The fourth-order valence-electron chi connectivity index (χ4n) is 3.97. The molecule has 2 aliphatic rings. The lowest BCUT2D eigenvalue weighted by atomic mass is 9.85. The number of rotatable bonds is 4. The molecule has 3 atom stereocenters. The molecule has 136 valence electrons. The molecule has 1 aromatic rings. The third kappa shape index (κ3) is 3.87. The standard InChI is InChI=1S/C18H21Cl2NO4/c1-24-18(23)15-8-11-4-2-3-5-14(11)21(15)17(22)10-25-16-9-12(19)6-7-13(16)20/h6-7,9,11,14-15H,2-5,8,10H2,1H3/t11-,14-,15+/m1/s1. The molecule has 7 heteroatoms. The fraction of sp³-hybridized carbons (Fsp3) is 0.556. The average Bonchev–Trinajstić information content (AvgIpc) is 3.01. The molecule has 1 aliphatic carbocycles. The number of hydrogen-bond acceptors (Lipinski definition) is 4. The van der Waals surface area contributed by atoms with Gasteiger partial charge in [-0.1, -0.05) is 36.0 Å². The Morgan fingerprint density at radius 2 is 2.00 bits per heavy atom. The van der Waals surface area contributed by atoms with Gasteiger partial charge in [-0.15, -0.1) is 0 Å². The molecule has 1 amide bonds. The van der Waals surface area contributed by atoms with Gasteiger partial charge >= 0.3 is 5.97 Å². The fourth-order valence-corrected chi connectivity index (χ4v) is 4.30. The highest BCUT2D eigenvalue weighted by atomic mass is 35.5. The number of hydrogen-bond donors (Lipinski definition) is 0. The molecular formula is C18H21Cl2NO4. The zero-order valence-corrected chi connectivity index (χ0v) is 15.6. The number of amides is 1. The Hall–Kier alpha value is -1.46. The number of likely N-dealkylation sites (tertiary alicyclic amines) is 1. The summed E-state index contributed by atoms with van der Waals surface area (Å²) < 4.78 is 10.5. The second kappa shape index (κ2) is 7.83. The molecule has 0 aromatic heterocycles. The molecule has 25 heavy (non-hydrogen) atoms. The predicted octanol–water partition coefficient (Wildman–Crippen LogP) is 3.70. The molecule has 1 heterocycles. The van der Waals surface area contributed by atoms with Gasteiger partial charge in [-0.05, 0) is 37.3 Å². The number of benzene rings is 1. The van der Waals surface area contributed by atoms with E-state index in [9.17, 15) is 9.59 Å². The van der Waals surface area contributed by atoms with Gasteiger partial charge in [0, 0.05) is 17.1 Å². The normalized spacial score (nSPS) is 25.4. The van der Waals surface area contributed by atoms with Gasteiger partial charge < -0.3 is 14.4 Å². The number of nitrogens with zero attached hydrogens (tertiary/aromatic N) is 1. The Balaban J connectivity index is 1.73. The summed E-state index contributed by atoms with van der Waals surface area (Å²) in [4.78, 5) is 26.6. The molecule has 5 nitrogen and oxygen atoms in total. The van der Waals surface area contributed by atoms with Crippen molar-refractivity contribution in [2.45, 2.75) is 44.2 Å². The van der Waals surface area contributed by atoms with Crippen LogP contribution in [-0.4, -0.2) is 42.6 Å². The van der Waals surface area contributed by atoms with Crippen LogP contribution in [0.15, 0.2) is 18.2 Å². The zero-order chi connectivity index (χ0) is 18.0. The molecule has 0 unspecified atom stereocenters. The number of ether oxygens (including phenoxy) is 2. The Morgan fingerprint density at radius 3 is 2.76 bits per heavy atom. The zero-order valence-electron chi connectivity index (χ0n) is 14.0. The van der Waals surface area contributed by atoms with Crippen molar-refractivity contribution in [3.8, 4) is 5.75 Å². The molecule has 1 saturated carbocycles. The highest BCUT2D eigenvalue weighted by molar-refractivity contribution is 6.34. The third-order valence-corrected chi connectivity index (χ3v) is 5.64. The molecule has 0 N–H and O–H groups in total. The van der Waals surface area contributed by atoms with Crippen LogP contribution in [0.1, 0.15) is 32.1 Å². The first-order chi connectivity index (χ1) is 12.0. The highest BCUT2D eigenvalue weighted by Crippen LogP contribution is 2.40. The Kier molecular flexibility index (Phi) is 5.74. The monoisotopic (exact) mass is 385 g/mol. The average molecular weight is 386 g/mol. The minimum Gasteiger partial charge on any atom is -0.482 e. The van der Waals surface area contributed by atoms with E-state index in [1.165, 1.54) is 7.11 Å². The first kappa shape index (κ1) is 18.3. The van der Waals surface area contributed by atoms with E-state index in [2.05, 4.69) is 0 Å². The minimum absolute atomic E-state index is 0.0868. The molecular weight excluding hydrogens is 365 g/mol. The summed E-state index contributed by atoms with van der Waals surface area (Å²) in [6, 6.07) is 4.41. The second-order valence-electron chi connectivity index (χ2n) is 6.55. The van der Waals surface area contributed by atoms with Crippen LogP contribution in [0.4, 0.5) is 0 Å². The van der Waals surface area contributed by atoms with Crippen molar-refractivity contribution >= 4 is 35.1 Å². The molecule has 1 aromatic carbocycles. The minimum atomic E-state index is -0.524. The maximum Gasteiger partial charge on any atom is 0.328 e. The van der Waals surface area contributed by atoms with E-state index in [-0.39, 0.29) is 24.5 Å². The smallest absolute Gasteiger partial charge is 0.328 e. The van der Waals surface area contributed by atoms with Gasteiger partial charge in [0.25, 0.3) is 5.91 Å². The molecule has 2 fully saturated rings. The lowest BCUT2D eigenvalue weighted by molar-refractivity contribution is -0.153. The van der Waals surface area contributed by atoms with Crippen LogP contribution >= 0.6 is 23.2 Å². The van der Waals surface area contributed by atoms with Gasteiger partial charge in [-0.2, -0.15) is 0 Å². The Morgan fingerprint density at radius 1 is 1.24 bits per heavy atom. The van der Waals surface area contributed by atoms with Crippen LogP contribution < -0.4 is 4.74 Å². The number of fused-ring (bicyclic) bond motifs is 1. The molecule has 3 rings (SSSR count). The molecule has 1 aliphatic heterocycles. The van der Waals surface area contributed by atoms with Crippen molar-refractivity contribution < 1.29 is 19.1 Å². The van der Waals surface area contributed by atoms with Crippen LogP contribution in [0, 0.1) is 5.92 Å². The molecule has 0 spiro atoms. The maximum atomic E-state index is 12.8. The van der Waals surface area contributed by atoms with Crippen molar-refractivity contribution in [3.63, 3.8) is 0 Å². The van der Waals surface area contributed by atoms with Crippen molar-refractivity contribution in [2.24, 2.45) is 5.92 Å². The second-order valence-corrected chi connectivity index (χ2v) is 7.39. The van der Waals surface area contributed by atoms with Crippen LogP contribution in [0.25, 0.3) is 0 Å². The van der Waals surface area contributed by atoms with Gasteiger partial charge in [0.05, 0.1) is 12.1 Å². The first-order valence-electron chi connectivity index (χ1n) is 8.48. The van der Waals surface area contributed by atoms with Gasteiger partial charge in [-0.25, -0.2) is 4.79 Å². The van der Waals surface area contributed by atoms with E-state index in [0.717, 1.165) is 25.7 Å². The van der Waals surface area contributed by atoms with E-state index in [1.54, 1.807) is 23.1 Å². The van der Waals surface area contributed by atoms with Crippen molar-refractivity contribution in [2.75, 3.05) is 13.7 Å². The first-order valence-corrected chi connectivity index (χ1v) is 9.23. The van der Waals surface area contributed by atoms with E-state index in [4.69, 9.17) is 32.7 Å².